The van der Waals surface area contributed by atoms with E-state index in [-0.39, 0.29) is 25.5 Å². The lowest BCUT2D eigenvalue weighted by molar-refractivity contribution is -0.144. The van der Waals surface area contributed by atoms with Gasteiger partial charge in [-0.3, -0.25) is 9.59 Å². The maximum Gasteiger partial charge on any atom is 0.356 e. The van der Waals surface area contributed by atoms with E-state index in [1.807, 2.05) is 30.3 Å². The molecule has 0 heterocycles. The number of unbranched alkanes of at least 4 members (excludes halogenated alkanes) is 1. The Bertz CT molecular complexity index is 798. The zero-order chi connectivity index (χ0) is 21.6. The van der Waals surface area contributed by atoms with Crippen LogP contribution < -0.4 is 10.8 Å². The average molecular weight is 414 g/mol. The van der Waals surface area contributed by atoms with Crippen LogP contribution in [0.3, 0.4) is 0 Å². The fourth-order valence-corrected chi connectivity index (χ4v) is 2.57. The molecule has 0 bridgehead atoms. The largest absolute Gasteiger partial charge is 0.480 e. The molecule has 0 aromatic heterocycles. The number of rotatable bonds is 13. The van der Waals surface area contributed by atoms with Crippen LogP contribution in [0.5, 0.6) is 0 Å². The average Bonchev–Trinajstić information content (AvgIpc) is 2.77. The highest BCUT2D eigenvalue weighted by Crippen LogP contribution is 2.04. The first-order chi connectivity index (χ1) is 14.6. The van der Waals surface area contributed by atoms with Gasteiger partial charge in [0.15, 0.2) is 0 Å². The van der Waals surface area contributed by atoms with Crippen LogP contribution in [-0.2, 0) is 25.8 Å². The van der Waals surface area contributed by atoms with Gasteiger partial charge >= 0.3 is 17.9 Å². The Morgan fingerprint density at radius 1 is 0.933 bits per heavy atom. The summed E-state index contributed by atoms with van der Waals surface area (Å²) >= 11 is 0. The van der Waals surface area contributed by atoms with Crippen molar-refractivity contribution < 1.29 is 29.1 Å². The lowest BCUT2D eigenvalue weighted by atomic mass is 10.1. The second-order valence-electron chi connectivity index (χ2n) is 6.58. The van der Waals surface area contributed by atoms with Gasteiger partial charge in [-0.05, 0) is 43.5 Å². The molecule has 0 spiro atoms. The third kappa shape index (κ3) is 8.85. The summed E-state index contributed by atoms with van der Waals surface area (Å²) in [6, 6.07) is 16.7. The smallest absolute Gasteiger partial charge is 0.356 e. The van der Waals surface area contributed by atoms with E-state index in [0.717, 1.165) is 5.56 Å². The zero-order valence-corrected chi connectivity index (χ0v) is 16.6. The molecule has 2 rings (SSSR count). The number of carbonyl (C=O) groups is 3. The Morgan fingerprint density at radius 3 is 2.27 bits per heavy atom. The third-order valence-corrected chi connectivity index (χ3v) is 4.21. The zero-order valence-electron chi connectivity index (χ0n) is 16.6. The van der Waals surface area contributed by atoms with Gasteiger partial charge in [0.1, 0.15) is 12.6 Å². The van der Waals surface area contributed by atoms with E-state index >= 15 is 0 Å². The number of carboxylic acid groups (broad SMARTS) is 1. The number of nitrogens with one attached hydrogen (secondary N) is 2. The Balaban J connectivity index is 1.56. The minimum absolute atomic E-state index is 0.0854. The highest BCUT2D eigenvalue weighted by molar-refractivity contribution is 5.89. The van der Waals surface area contributed by atoms with Crippen LogP contribution in [0.1, 0.15) is 35.2 Å². The fourth-order valence-electron chi connectivity index (χ4n) is 2.57. The van der Waals surface area contributed by atoms with Crippen LogP contribution in [-0.4, -0.2) is 42.1 Å². The van der Waals surface area contributed by atoms with Gasteiger partial charge < -0.3 is 20.0 Å². The van der Waals surface area contributed by atoms with E-state index in [1.54, 1.807) is 30.3 Å². The quantitative estimate of drug-likeness (QED) is 0.260. The third-order valence-electron chi connectivity index (χ3n) is 4.21. The van der Waals surface area contributed by atoms with E-state index in [4.69, 9.17) is 9.57 Å². The molecule has 0 amide bonds. The van der Waals surface area contributed by atoms with Crippen LogP contribution >= 0.6 is 0 Å². The number of ether oxygens (including phenoxy) is 1. The number of carboxylic acids is 1. The SMILES string of the molecule is O=C(CNCCCCC(NOC(=O)c1ccccc1)C(=O)O)OCc1ccccc1. The van der Waals surface area contributed by atoms with Crippen LogP contribution in [0.25, 0.3) is 0 Å². The van der Waals surface area contributed by atoms with Crippen molar-refractivity contribution in [2.75, 3.05) is 13.1 Å². The number of carbonyl (C=O) groups excluding carboxylic acids is 2. The number of esters is 1. The monoisotopic (exact) mass is 414 g/mol. The van der Waals surface area contributed by atoms with Crippen LogP contribution in [0, 0.1) is 0 Å². The van der Waals surface area contributed by atoms with Crippen molar-refractivity contribution in [3.8, 4) is 0 Å². The molecule has 0 aliphatic rings. The van der Waals surface area contributed by atoms with Gasteiger partial charge in [0, 0.05) is 0 Å². The Hall–Kier alpha value is -3.23. The molecule has 2 aromatic rings. The molecule has 1 unspecified atom stereocenters. The molecule has 0 saturated carbocycles. The standard InChI is InChI=1S/C22H26N2O6/c25-20(29-16-17-9-3-1-4-10-17)15-23-14-8-7-13-19(21(26)27)24-30-22(28)18-11-5-2-6-12-18/h1-6,9-12,19,23-24H,7-8,13-16H2,(H,26,27). The van der Waals surface area contributed by atoms with E-state index in [0.29, 0.717) is 24.9 Å². The minimum Gasteiger partial charge on any atom is -0.480 e. The topological polar surface area (TPSA) is 114 Å². The van der Waals surface area contributed by atoms with Crippen molar-refractivity contribution in [3.63, 3.8) is 0 Å². The Labute approximate surface area is 175 Å². The first-order valence-electron chi connectivity index (χ1n) is 9.71. The summed E-state index contributed by atoms with van der Waals surface area (Å²) in [6.45, 7) is 0.855. The van der Waals surface area contributed by atoms with Gasteiger partial charge in [0.2, 0.25) is 0 Å². The van der Waals surface area contributed by atoms with Crippen LogP contribution in [0.15, 0.2) is 60.7 Å². The van der Waals surface area contributed by atoms with Crippen molar-refractivity contribution in [2.45, 2.75) is 31.9 Å². The number of hydrogen-bond acceptors (Lipinski definition) is 7. The van der Waals surface area contributed by atoms with Gasteiger partial charge in [-0.15, -0.1) is 5.48 Å². The molecular weight excluding hydrogens is 388 g/mol. The number of benzene rings is 2. The number of hydrogen-bond donors (Lipinski definition) is 3. The maximum atomic E-state index is 11.9. The first kappa shape index (κ1) is 23.1. The molecule has 0 fully saturated rings. The molecular formula is C22H26N2O6. The summed E-state index contributed by atoms with van der Waals surface area (Å²) in [6.07, 6.45) is 1.50. The predicted molar refractivity (Wildman–Crippen MR) is 109 cm³/mol. The summed E-state index contributed by atoms with van der Waals surface area (Å²) in [5.74, 6) is -2.09. The second kappa shape index (κ2) is 13.1. The van der Waals surface area contributed by atoms with Crippen molar-refractivity contribution >= 4 is 17.9 Å². The van der Waals surface area contributed by atoms with Gasteiger partial charge in [-0.2, -0.15) is 0 Å². The van der Waals surface area contributed by atoms with Gasteiger partial charge in [0.25, 0.3) is 0 Å². The van der Waals surface area contributed by atoms with Crippen LogP contribution in [0.2, 0.25) is 0 Å². The lowest BCUT2D eigenvalue weighted by Gasteiger charge is -2.14. The molecule has 8 heteroatoms. The molecule has 1 atom stereocenters. The summed E-state index contributed by atoms with van der Waals surface area (Å²) in [4.78, 5) is 39.7. The van der Waals surface area contributed by atoms with E-state index in [2.05, 4.69) is 10.8 Å². The first-order valence-corrected chi connectivity index (χ1v) is 9.71. The second-order valence-corrected chi connectivity index (χ2v) is 6.58. The van der Waals surface area contributed by atoms with E-state index in [1.165, 1.54) is 0 Å². The molecule has 2 aromatic carbocycles. The highest BCUT2D eigenvalue weighted by atomic mass is 16.7. The molecule has 8 nitrogen and oxygen atoms in total. The summed E-state index contributed by atoms with van der Waals surface area (Å²) in [5.41, 5.74) is 3.57. The molecule has 160 valence electrons. The number of hydroxylamine groups is 1. The van der Waals surface area contributed by atoms with Crippen LogP contribution in [0.4, 0.5) is 0 Å². The maximum absolute atomic E-state index is 11.9. The van der Waals surface area contributed by atoms with E-state index in [9.17, 15) is 19.5 Å². The Morgan fingerprint density at radius 2 is 1.60 bits per heavy atom. The molecule has 3 N–H and O–H groups in total. The summed E-state index contributed by atoms with van der Waals surface area (Å²) < 4.78 is 5.16. The molecule has 0 aliphatic heterocycles. The molecule has 0 saturated heterocycles. The fraction of sp³-hybridized carbons (Fsp3) is 0.318. The van der Waals surface area contributed by atoms with Crippen molar-refractivity contribution in [2.24, 2.45) is 0 Å². The number of aliphatic carboxylic acids is 1. The van der Waals surface area contributed by atoms with E-state index < -0.39 is 18.0 Å². The van der Waals surface area contributed by atoms with Gasteiger partial charge in [0.05, 0.1) is 12.1 Å². The van der Waals surface area contributed by atoms with Crippen molar-refractivity contribution in [1.82, 2.24) is 10.8 Å². The summed E-state index contributed by atoms with van der Waals surface area (Å²) in [5, 5.41) is 12.2. The lowest BCUT2D eigenvalue weighted by Crippen LogP contribution is -2.38. The summed E-state index contributed by atoms with van der Waals surface area (Å²) in [7, 11) is 0. The minimum atomic E-state index is -1.10. The Kier molecular flexibility index (Phi) is 10.0. The molecule has 0 radical (unpaired) electrons. The predicted octanol–water partition coefficient (Wildman–Crippen LogP) is 2.30. The normalized spacial score (nSPS) is 11.5. The van der Waals surface area contributed by atoms with Crippen molar-refractivity contribution in [3.05, 3.63) is 71.8 Å². The van der Waals surface area contributed by atoms with Gasteiger partial charge in [-0.1, -0.05) is 48.5 Å². The molecule has 30 heavy (non-hydrogen) atoms. The highest BCUT2D eigenvalue weighted by Gasteiger charge is 2.19. The van der Waals surface area contributed by atoms with Crippen molar-refractivity contribution in [1.29, 1.82) is 0 Å². The molecule has 0 aliphatic carbocycles. The van der Waals surface area contributed by atoms with Gasteiger partial charge in [-0.25, -0.2) is 4.79 Å².